The van der Waals surface area contributed by atoms with E-state index in [1.165, 1.54) is 0 Å². The van der Waals surface area contributed by atoms with Crippen LogP contribution in [0.25, 0.3) is 0 Å². The monoisotopic (exact) mass is 334 g/mol. The summed E-state index contributed by atoms with van der Waals surface area (Å²) >= 11 is 0. The molecule has 0 aromatic carbocycles. The van der Waals surface area contributed by atoms with Crippen LogP contribution in [0.1, 0.15) is 50.5 Å². The Kier molecular flexibility index (Phi) is 5.59. The number of piperidine rings is 1. The molecular weight excluding hydrogens is 308 g/mol. The quantitative estimate of drug-likeness (QED) is 0.735. The number of nitrogens with zero attached hydrogens (tertiary/aromatic N) is 2. The topological polar surface area (TPSA) is 68.7 Å². The number of likely N-dealkylation sites (tertiary alicyclic amines) is 1. The third-order valence-corrected chi connectivity index (χ3v) is 4.14. The minimum absolute atomic E-state index is 0.122. The molecule has 0 radical (unpaired) electrons. The van der Waals surface area contributed by atoms with Crippen LogP contribution >= 0.6 is 0 Å². The van der Waals surface area contributed by atoms with Crippen LogP contribution in [0.4, 0.5) is 0 Å². The molecule has 24 heavy (non-hydrogen) atoms. The zero-order valence-electron chi connectivity index (χ0n) is 14.9. The van der Waals surface area contributed by atoms with Crippen LogP contribution in [0.15, 0.2) is 18.3 Å². The predicted molar refractivity (Wildman–Crippen MR) is 90.2 cm³/mol. The Labute approximate surface area is 143 Å². The maximum absolute atomic E-state index is 12.1. The van der Waals surface area contributed by atoms with E-state index < -0.39 is 0 Å². The zero-order chi connectivity index (χ0) is 17.8. The first-order valence-electron chi connectivity index (χ1n) is 8.22. The van der Waals surface area contributed by atoms with E-state index in [1.54, 1.807) is 6.20 Å². The molecule has 0 aliphatic carbocycles. The van der Waals surface area contributed by atoms with Crippen LogP contribution < -0.4 is 4.74 Å². The van der Waals surface area contributed by atoms with Crippen LogP contribution in [0.5, 0.6) is 5.75 Å². The molecule has 0 bridgehead atoms. The van der Waals surface area contributed by atoms with E-state index in [-0.39, 0.29) is 17.0 Å². The van der Waals surface area contributed by atoms with Gasteiger partial charge in [-0.2, -0.15) is 0 Å². The van der Waals surface area contributed by atoms with Crippen LogP contribution in [-0.2, 0) is 9.53 Å². The van der Waals surface area contributed by atoms with Gasteiger partial charge in [0.2, 0.25) is 0 Å². The largest absolute Gasteiger partial charge is 0.484 e. The number of rotatable bonds is 1. The van der Waals surface area contributed by atoms with Crippen LogP contribution in [0, 0.1) is 0 Å². The fraction of sp³-hybridized carbons (Fsp3) is 0.611. The first-order chi connectivity index (χ1) is 11.2. The Morgan fingerprint density at radius 3 is 2.54 bits per heavy atom. The summed E-state index contributed by atoms with van der Waals surface area (Å²) < 4.78 is 10.6. The number of fused-ring (bicyclic) bond motifs is 1. The van der Waals surface area contributed by atoms with Crippen molar-refractivity contribution < 1.29 is 19.1 Å². The van der Waals surface area contributed by atoms with Gasteiger partial charge in [-0.1, -0.05) is 0 Å². The smallest absolute Gasteiger partial charge is 0.293 e. The Balaban J connectivity index is 0.000000256. The highest BCUT2D eigenvalue weighted by atomic mass is 16.5. The van der Waals surface area contributed by atoms with Gasteiger partial charge in [-0.15, -0.1) is 0 Å². The van der Waals surface area contributed by atoms with Gasteiger partial charge in [-0.25, -0.2) is 4.98 Å². The lowest BCUT2D eigenvalue weighted by molar-refractivity contribution is -0.138. The summed E-state index contributed by atoms with van der Waals surface area (Å²) in [4.78, 5) is 28.1. The summed E-state index contributed by atoms with van der Waals surface area (Å²) in [7, 11) is 2.10. The number of hydrogen-bond acceptors (Lipinski definition) is 6. The van der Waals surface area contributed by atoms with Crippen LogP contribution in [0.3, 0.4) is 0 Å². The number of ketones is 1. The molecule has 0 saturated carbocycles. The number of pyridine rings is 1. The summed E-state index contributed by atoms with van der Waals surface area (Å²) in [5.41, 5.74) is -0.0986. The molecule has 3 rings (SSSR count). The summed E-state index contributed by atoms with van der Waals surface area (Å²) in [5, 5.41) is 0. The molecule has 1 saturated heterocycles. The highest BCUT2D eigenvalue weighted by molar-refractivity contribution is 5.98. The molecule has 1 aromatic rings. The maximum Gasteiger partial charge on any atom is 0.293 e. The van der Waals surface area contributed by atoms with Gasteiger partial charge in [0.05, 0.1) is 6.42 Å². The van der Waals surface area contributed by atoms with E-state index in [1.807, 2.05) is 32.9 Å². The van der Waals surface area contributed by atoms with Crippen molar-refractivity contribution in [1.82, 2.24) is 9.88 Å². The molecule has 0 atom stereocenters. The van der Waals surface area contributed by atoms with Gasteiger partial charge < -0.3 is 14.4 Å². The van der Waals surface area contributed by atoms with Crippen molar-refractivity contribution in [2.24, 2.45) is 0 Å². The third-order valence-electron chi connectivity index (χ3n) is 4.14. The molecule has 1 fully saturated rings. The van der Waals surface area contributed by atoms with Gasteiger partial charge in [-0.3, -0.25) is 9.59 Å². The average Bonchev–Trinajstić information content (AvgIpc) is 2.50. The number of carbonyl (C=O) groups is 2. The highest BCUT2D eigenvalue weighted by Gasteiger charge is 2.42. The van der Waals surface area contributed by atoms with Crippen molar-refractivity contribution in [1.29, 1.82) is 0 Å². The van der Waals surface area contributed by atoms with Crippen molar-refractivity contribution in [3.8, 4) is 5.75 Å². The van der Waals surface area contributed by atoms with Crippen molar-refractivity contribution in [3.05, 3.63) is 24.0 Å². The fourth-order valence-electron chi connectivity index (χ4n) is 2.78. The second-order valence-electron chi connectivity index (χ2n) is 7.36. The first-order valence-corrected chi connectivity index (χ1v) is 8.22. The molecule has 6 heteroatoms. The predicted octanol–water partition coefficient (Wildman–Crippen LogP) is 2.47. The molecule has 1 aromatic heterocycles. The van der Waals surface area contributed by atoms with Gasteiger partial charge in [-0.05, 0) is 40.0 Å². The Morgan fingerprint density at radius 2 is 2.00 bits per heavy atom. The second-order valence-corrected chi connectivity index (χ2v) is 7.36. The minimum atomic E-state index is -0.318. The van der Waals surface area contributed by atoms with Gasteiger partial charge in [0.15, 0.2) is 5.78 Å². The maximum atomic E-state index is 12.1. The lowest BCUT2D eigenvalue weighted by atomic mass is 9.84. The highest BCUT2D eigenvalue weighted by Crippen LogP contribution is 2.37. The molecule has 0 N–H and O–H groups in total. The van der Waals surface area contributed by atoms with E-state index >= 15 is 0 Å². The Hall–Kier alpha value is -1.95. The van der Waals surface area contributed by atoms with Crippen molar-refractivity contribution in [2.45, 2.75) is 51.2 Å². The summed E-state index contributed by atoms with van der Waals surface area (Å²) in [6.07, 6.45) is 3.96. The normalized spacial score (nSPS) is 19.6. The number of ether oxygens (including phenoxy) is 2. The standard InChI is InChI=1S/C13H16N2O2.C5H10O2/c1-15-7-4-13(5-8-15)9-10(16)12-11(17-13)3-2-6-14-12;1-5(2,3)7-4-6/h2-3,6H,4-5,7-9H2,1H3;4H,1-3H3. The minimum Gasteiger partial charge on any atom is -0.484 e. The SMILES string of the molecule is CC(C)(C)OC=O.CN1CCC2(CC1)CC(=O)c1ncccc1O2. The van der Waals surface area contributed by atoms with E-state index in [0.29, 0.717) is 24.3 Å². The van der Waals surface area contributed by atoms with Crippen LogP contribution in [-0.4, -0.2) is 53.5 Å². The van der Waals surface area contributed by atoms with Crippen molar-refractivity contribution in [2.75, 3.05) is 20.1 Å². The molecule has 0 amide bonds. The Morgan fingerprint density at radius 1 is 1.33 bits per heavy atom. The molecule has 2 aliphatic heterocycles. The Bertz CT molecular complexity index is 587. The average molecular weight is 334 g/mol. The number of hydrogen-bond donors (Lipinski definition) is 0. The van der Waals surface area contributed by atoms with E-state index in [0.717, 1.165) is 25.9 Å². The number of Topliss-reactive ketones (excluding diaryl/α,β-unsaturated/α-hetero) is 1. The van der Waals surface area contributed by atoms with Gasteiger partial charge >= 0.3 is 0 Å². The van der Waals surface area contributed by atoms with Crippen molar-refractivity contribution in [3.63, 3.8) is 0 Å². The molecule has 132 valence electrons. The molecule has 3 heterocycles. The molecule has 0 unspecified atom stereocenters. The number of aromatic nitrogens is 1. The van der Waals surface area contributed by atoms with Crippen LogP contribution in [0.2, 0.25) is 0 Å². The summed E-state index contributed by atoms with van der Waals surface area (Å²) in [5.74, 6) is 0.782. The lowest BCUT2D eigenvalue weighted by Gasteiger charge is -2.42. The van der Waals surface area contributed by atoms with Gasteiger partial charge in [0.25, 0.3) is 6.47 Å². The molecule has 1 spiro atoms. The molecule has 2 aliphatic rings. The third kappa shape index (κ3) is 4.77. The van der Waals surface area contributed by atoms with Gasteiger partial charge in [0.1, 0.15) is 22.6 Å². The van der Waals surface area contributed by atoms with E-state index in [2.05, 4.69) is 21.7 Å². The second kappa shape index (κ2) is 7.30. The first kappa shape index (κ1) is 18.4. The van der Waals surface area contributed by atoms with Gasteiger partial charge in [0, 0.05) is 32.1 Å². The van der Waals surface area contributed by atoms with Crippen molar-refractivity contribution >= 4 is 12.3 Å². The zero-order valence-corrected chi connectivity index (χ0v) is 14.9. The summed E-state index contributed by atoms with van der Waals surface area (Å²) in [6, 6.07) is 3.67. The number of carbonyl (C=O) groups excluding carboxylic acids is 2. The van der Waals surface area contributed by atoms with E-state index in [9.17, 15) is 9.59 Å². The fourth-order valence-corrected chi connectivity index (χ4v) is 2.78. The lowest BCUT2D eigenvalue weighted by Crippen LogP contribution is -2.50. The summed E-state index contributed by atoms with van der Waals surface area (Å²) in [6.45, 7) is 7.90. The van der Waals surface area contributed by atoms with E-state index in [4.69, 9.17) is 4.74 Å². The molecule has 6 nitrogen and oxygen atoms in total. The molecular formula is C18H26N2O4.